The summed E-state index contributed by atoms with van der Waals surface area (Å²) in [5.74, 6) is -1.77. The van der Waals surface area contributed by atoms with Crippen molar-refractivity contribution in [2.24, 2.45) is 0 Å². The molecule has 0 aliphatic carbocycles. The van der Waals surface area contributed by atoms with Crippen molar-refractivity contribution in [3.05, 3.63) is 24.4 Å². The first-order valence-electron chi connectivity index (χ1n) is 8.13. The van der Waals surface area contributed by atoms with Crippen molar-refractivity contribution in [2.45, 2.75) is 19.7 Å². The summed E-state index contributed by atoms with van der Waals surface area (Å²) in [5.41, 5.74) is 2.56. The number of carbonyl (C=O) groups is 3. The average molecular weight is 401 g/mol. The lowest BCUT2D eigenvalue weighted by molar-refractivity contribution is -0.274. The van der Waals surface area contributed by atoms with E-state index in [-0.39, 0.29) is 30.9 Å². The molecule has 0 saturated heterocycles. The van der Waals surface area contributed by atoms with E-state index < -0.39 is 23.9 Å². The number of rotatable bonds is 7. The molecule has 0 fully saturated rings. The Balaban J connectivity index is 1.95. The second-order valence-corrected chi connectivity index (χ2v) is 5.76. The molecule has 2 rings (SSSR count). The largest absolute Gasteiger partial charge is 0.573 e. The molecule has 3 amide bonds. The molecule has 12 heteroatoms. The molecule has 0 aliphatic rings. The molecule has 0 atom stereocenters. The summed E-state index contributed by atoms with van der Waals surface area (Å²) in [7, 11) is 1.39. The maximum absolute atomic E-state index is 12.3. The molecule has 0 aliphatic heterocycles. The number of aromatic nitrogens is 2. The molecule has 0 bridgehead atoms. The average Bonchev–Trinajstić information content (AvgIpc) is 2.98. The third-order valence-electron chi connectivity index (χ3n) is 3.52. The van der Waals surface area contributed by atoms with Gasteiger partial charge in [-0.25, -0.2) is 5.43 Å². The van der Waals surface area contributed by atoms with Gasteiger partial charge in [0.2, 0.25) is 11.8 Å². The Kier molecular flexibility index (Phi) is 6.44. The van der Waals surface area contributed by atoms with Crippen LogP contribution < -0.4 is 15.5 Å². The lowest BCUT2D eigenvalue weighted by atomic mass is 10.2. The van der Waals surface area contributed by atoms with Crippen LogP contribution in [0.15, 0.2) is 24.4 Å². The summed E-state index contributed by atoms with van der Waals surface area (Å²) in [5, 5.41) is 6.82. The third kappa shape index (κ3) is 6.14. The zero-order valence-corrected chi connectivity index (χ0v) is 15.0. The molecular formula is C16H18F3N5O4. The van der Waals surface area contributed by atoms with Crippen LogP contribution in [0.25, 0.3) is 10.9 Å². The van der Waals surface area contributed by atoms with Crippen molar-refractivity contribution in [3.8, 4) is 5.75 Å². The smallest absolute Gasteiger partial charge is 0.406 e. The fourth-order valence-electron chi connectivity index (χ4n) is 2.15. The summed E-state index contributed by atoms with van der Waals surface area (Å²) in [6.45, 7) is 1.10. The topological polar surface area (TPSA) is 106 Å². The highest BCUT2D eigenvalue weighted by Crippen LogP contribution is 2.25. The molecule has 1 aromatic carbocycles. The normalized spacial score (nSPS) is 11.2. The highest BCUT2D eigenvalue weighted by Gasteiger charge is 2.31. The Labute approximate surface area is 157 Å². The van der Waals surface area contributed by atoms with Crippen LogP contribution in [0, 0.1) is 0 Å². The Morgan fingerprint density at radius 2 is 1.96 bits per heavy atom. The van der Waals surface area contributed by atoms with E-state index in [2.05, 4.69) is 20.6 Å². The van der Waals surface area contributed by atoms with Crippen molar-refractivity contribution in [1.82, 2.24) is 20.1 Å². The van der Waals surface area contributed by atoms with E-state index in [1.165, 1.54) is 19.3 Å². The van der Waals surface area contributed by atoms with Gasteiger partial charge in [-0.15, -0.1) is 13.2 Å². The number of amides is 3. The third-order valence-corrected chi connectivity index (χ3v) is 3.52. The lowest BCUT2D eigenvalue weighted by Gasteiger charge is -2.16. The number of nitrogens with zero attached hydrogens (tertiary/aromatic N) is 3. The number of carbonyl (C=O) groups excluding carboxylic acids is 3. The minimum absolute atomic E-state index is 0.175. The monoisotopic (exact) mass is 401 g/mol. The summed E-state index contributed by atoms with van der Waals surface area (Å²) in [6, 6.07) is 3.57. The van der Waals surface area contributed by atoms with E-state index in [0.717, 1.165) is 21.8 Å². The van der Waals surface area contributed by atoms with Crippen LogP contribution in [0.4, 0.5) is 13.2 Å². The number of benzene rings is 1. The van der Waals surface area contributed by atoms with Gasteiger partial charge < -0.3 is 15.0 Å². The number of ether oxygens (including phenoxy) is 1. The van der Waals surface area contributed by atoms with E-state index in [1.54, 1.807) is 6.92 Å². The standard InChI is InChI=1S/C16H18F3N5O4/c1-3-13(25)20-7-15(27)23(2)9-14(26)22-24-8-10-4-5-11(6-12(10)21-24)28-16(17,18)19/h4-6,8H,3,7,9H2,1-2H3,(H,20,25)(H,22,26). The Morgan fingerprint density at radius 1 is 1.25 bits per heavy atom. The van der Waals surface area contributed by atoms with Gasteiger partial charge in [-0.05, 0) is 12.1 Å². The molecule has 1 aromatic heterocycles. The van der Waals surface area contributed by atoms with Gasteiger partial charge >= 0.3 is 6.36 Å². The van der Waals surface area contributed by atoms with Crippen LogP contribution in [0.3, 0.4) is 0 Å². The van der Waals surface area contributed by atoms with Gasteiger partial charge in [0.15, 0.2) is 0 Å². The van der Waals surface area contributed by atoms with Gasteiger partial charge in [-0.1, -0.05) is 6.92 Å². The van der Waals surface area contributed by atoms with E-state index in [9.17, 15) is 27.6 Å². The zero-order chi connectivity index (χ0) is 20.9. The number of nitrogens with one attached hydrogen (secondary N) is 2. The minimum Gasteiger partial charge on any atom is -0.406 e. The van der Waals surface area contributed by atoms with Gasteiger partial charge in [0, 0.05) is 24.9 Å². The molecule has 0 radical (unpaired) electrons. The zero-order valence-electron chi connectivity index (χ0n) is 15.0. The van der Waals surface area contributed by atoms with Crippen molar-refractivity contribution in [2.75, 3.05) is 25.6 Å². The fraction of sp³-hybridized carbons (Fsp3) is 0.375. The lowest BCUT2D eigenvalue weighted by Crippen LogP contribution is -2.42. The number of halogens is 3. The molecule has 9 nitrogen and oxygen atoms in total. The first-order valence-corrected chi connectivity index (χ1v) is 8.13. The van der Waals surface area contributed by atoms with Crippen molar-refractivity contribution < 1.29 is 32.3 Å². The number of likely N-dealkylation sites (N-methyl/N-ethyl adjacent to an activating group) is 1. The van der Waals surface area contributed by atoms with Gasteiger partial charge in [-0.3, -0.25) is 14.4 Å². The van der Waals surface area contributed by atoms with Crippen LogP contribution in [0.2, 0.25) is 0 Å². The van der Waals surface area contributed by atoms with Crippen molar-refractivity contribution in [3.63, 3.8) is 0 Å². The van der Waals surface area contributed by atoms with E-state index in [4.69, 9.17) is 0 Å². The summed E-state index contributed by atoms with van der Waals surface area (Å²) in [6.07, 6.45) is -3.19. The van der Waals surface area contributed by atoms with Crippen LogP contribution >= 0.6 is 0 Å². The summed E-state index contributed by atoms with van der Waals surface area (Å²) >= 11 is 0. The number of hydrogen-bond donors (Lipinski definition) is 2. The van der Waals surface area contributed by atoms with E-state index >= 15 is 0 Å². The predicted octanol–water partition coefficient (Wildman–Crippen LogP) is 0.990. The van der Waals surface area contributed by atoms with Crippen LogP contribution in [-0.4, -0.2) is 59.0 Å². The number of fused-ring (bicyclic) bond motifs is 1. The predicted molar refractivity (Wildman–Crippen MR) is 91.7 cm³/mol. The van der Waals surface area contributed by atoms with Crippen LogP contribution in [0.5, 0.6) is 5.75 Å². The van der Waals surface area contributed by atoms with Gasteiger partial charge in [-0.2, -0.15) is 9.89 Å². The molecule has 0 unspecified atom stereocenters. The maximum atomic E-state index is 12.3. The van der Waals surface area contributed by atoms with Crippen LogP contribution in [-0.2, 0) is 14.4 Å². The van der Waals surface area contributed by atoms with E-state index in [1.807, 2.05) is 0 Å². The highest BCUT2D eigenvalue weighted by atomic mass is 19.4. The molecule has 0 saturated carbocycles. The molecule has 152 valence electrons. The Morgan fingerprint density at radius 3 is 2.61 bits per heavy atom. The second-order valence-electron chi connectivity index (χ2n) is 5.76. The Bertz CT molecular complexity index is 881. The molecule has 2 N–H and O–H groups in total. The fourth-order valence-corrected chi connectivity index (χ4v) is 2.15. The first kappa shape index (κ1) is 21.0. The molecular weight excluding hydrogens is 383 g/mol. The molecule has 0 spiro atoms. The van der Waals surface area contributed by atoms with Crippen LogP contribution in [0.1, 0.15) is 13.3 Å². The minimum atomic E-state index is -4.82. The quantitative estimate of drug-likeness (QED) is 0.720. The first-order chi connectivity index (χ1) is 13.1. The Hall–Kier alpha value is -3.31. The van der Waals surface area contributed by atoms with E-state index in [0.29, 0.717) is 5.39 Å². The number of alkyl halides is 3. The molecule has 28 heavy (non-hydrogen) atoms. The van der Waals surface area contributed by atoms with Gasteiger partial charge in [0.05, 0.1) is 18.3 Å². The maximum Gasteiger partial charge on any atom is 0.573 e. The second kappa shape index (κ2) is 8.59. The van der Waals surface area contributed by atoms with Gasteiger partial charge in [0.25, 0.3) is 5.91 Å². The van der Waals surface area contributed by atoms with Crippen molar-refractivity contribution in [1.29, 1.82) is 0 Å². The summed E-state index contributed by atoms with van der Waals surface area (Å²) < 4.78 is 40.6. The SMILES string of the molecule is CCC(=O)NCC(=O)N(C)CC(=O)Nn1cc2ccc(OC(F)(F)F)cc2n1. The summed E-state index contributed by atoms with van der Waals surface area (Å²) in [4.78, 5) is 37.2. The highest BCUT2D eigenvalue weighted by molar-refractivity contribution is 5.91. The molecule has 1 heterocycles. The number of hydrogen-bond acceptors (Lipinski definition) is 5. The van der Waals surface area contributed by atoms with Crippen molar-refractivity contribution >= 4 is 28.6 Å². The molecule has 2 aromatic rings. The van der Waals surface area contributed by atoms with Gasteiger partial charge in [0.1, 0.15) is 12.3 Å².